The number of H-pyrrole nitrogens is 2. The van der Waals surface area contributed by atoms with Crippen molar-refractivity contribution in [3.05, 3.63) is 44.4 Å². The van der Waals surface area contributed by atoms with Gasteiger partial charge in [0.25, 0.3) is 11.5 Å². The van der Waals surface area contributed by atoms with Gasteiger partial charge in [0.15, 0.2) is 5.69 Å². The average molecular weight is 395 g/mol. The molecule has 1 saturated heterocycles. The third kappa shape index (κ3) is 2.68. The highest BCUT2D eigenvalue weighted by Crippen LogP contribution is 2.45. The van der Waals surface area contributed by atoms with E-state index in [1.54, 1.807) is 0 Å². The highest BCUT2D eigenvalue weighted by Gasteiger charge is 2.46. The molecule has 1 saturated carbocycles. The van der Waals surface area contributed by atoms with Gasteiger partial charge in [0.05, 0.1) is 18.9 Å². The summed E-state index contributed by atoms with van der Waals surface area (Å²) >= 11 is 0. The molecule has 2 aromatic heterocycles. The first-order chi connectivity index (χ1) is 14.1. The molecular formula is C21H25N5O3. The van der Waals surface area contributed by atoms with Gasteiger partial charge in [-0.1, -0.05) is 0 Å². The van der Waals surface area contributed by atoms with Gasteiger partial charge >= 0.3 is 0 Å². The van der Waals surface area contributed by atoms with Gasteiger partial charge in [-0.25, -0.2) is 4.98 Å². The molecule has 0 bridgehead atoms. The van der Waals surface area contributed by atoms with Crippen LogP contribution in [0.25, 0.3) is 0 Å². The number of hydrogen-bond acceptors (Lipinski definition) is 5. The van der Waals surface area contributed by atoms with Crippen LogP contribution in [-0.2, 0) is 29.6 Å². The van der Waals surface area contributed by atoms with Crippen molar-refractivity contribution in [2.45, 2.75) is 62.9 Å². The van der Waals surface area contributed by atoms with Crippen molar-refractivity contribution in [3.8, 4) is 0 Å². The van der Waals surface area contributed by atoms with Crippen LogP contribution in [0.4, 0.5) is 0 Å². The smallest absolute Gasteiger partial charge is 0.274 e. The lowest BCUT2D eigenvalue weighted by Gasteiger charge is -2.40. The molecule has 2 N–H and O–H groups in total. The standard InChI is InChI=1S/C21H25N5O3/c27-19-13-4-7-21(17(13)22-18(23-19)12-2-3-12)6-1-8-26(11-21)20(28)16-14-10-29-9-5-15(14)24-25-16/h12H,1-11H2,(H,24,25)(H,22,23,27). The number of piperidine rings is 1. The third-order valence-corrected chi connectivity index (χ3v) is 7.12. The summed E-state index contributed by atoms with van der Waals surface area (Å²) in [6.07, 6.45) is 6.50. The normalized spacial score (nSPS) is 25.9. The molecule has 1 spiro atoms. The van der Waals surface area contributed by atoms with E-state index in [1.807, 2.05) is 4.90 Å². The molecule has 2 aliphatic carbocycles. The monoisotopic (exact) mass is 395 g/mol. The quantitative estimate of drug-likeness (QED) is 0.803. The summed E-state index contributed by atoms with van der Waals surface area (Å²) in [7, 11) is 0. The molecule has 6 rings (SSSR count). The number of fused-ring (bicyclic) bond motifs is 3. The van der Waals surface area contributed by atoms with Crippen LogP contribution >= 0.6 is 0 Å². The Balaban J connectivity index is 1.33. The Hall–Kier alpha value is -2.48. The molecule has 2 fully saturated rings. The molecule has 2 aliphatic heterocycles. The van der Waals surface area contributed by atoms with Crippen LogP contribution in [-0.4, -0.2) is 50.7 Å². The number of ether oxygens (including phenoxy) is 1. The van der Waals surface area contributed by atoms with Gasteiger partial charge in [-0.3, -0.25) is 14.7 Å². The first-order valence-electron chi connectivity index (χ1n) is 10.7. The summed E-state index contributed by atoms with van der Waals surface area (Å²) in [6.45, 7) is 2.44. The maximum absolute atomic E-state index is 13.3. The minimum Gasteiger partial charge on any atom is -0.376 e. The number of amides is 1. The van der Waals surface area contributed by atoms with Gasteiger partial charge in [0.2, 0.25) is 0 Å². The third-order valence-electron chi connectivity index (χ3n) is 7.12. The molecule has 1 atom stereocenters. The Morgan fingerprint density at radius 1 is 1.21 bits per heavy atom. The fraction of sp³-hybridized carbons (Fsp3) is 0.619. The predicted octanol–water partition coefficient (Wildman–Crippen LogP) is 1.56. The molecule has 4 aliphatic rings. The van der Waals surface area contributed by atoms with E-state index in [1.165, 1.54) is 0 Å². The Kier molecular flexibility index (Phi) is 3.75. The minimum atomic E-state index is -0.200. The van der Waals surface area contributed by atoms with Crippen molar-refractivity contribution >= 4 is 5.91 Å². The zero-order valence-corrected chi connectivity index (χ0v) is 16.4. The van der Waals surface area contributed by atoms with Crippen LogP contribution in [0.15, 0.2) is 4.79 Å². The van der Waals surface area contributed by atoms with E-state index in [2.05, 4.69) is 15.2 Å². The summed E-state index contributed by atoms with van der Waals surface area (Å²) in [4.78, 5) is 35.9. The molecule has 1 amide bonds. The van der Waals surface area contributed by atoms with Gasteiger partial charge < -0.3 is 14.6 Å². The number of likely N-dealkylation sites (tertiary alicyclic amines) is 1. The second-order valence-corrected chi connectivity index (χ2v) is 9.00. The summed E-state index contributed by atoms with van der Waals surface area (Å²) in [5.74, 6) is 1.22. The van der Waals surface area contributed by atoms with Crippen LogP contribution in [0.2, 0.25) is 0 Å². The lowest BCUT2D eigenvalue weighted by atomic mass is 9.77. The van der Waals surface area contributed by atoms with Crippen molar-refractivity contribution in [2.75, 3.05) is 19.7 Å². The molecular weight excluding hydrogens is 370 g/mol. The summed E-state index contributed by atoms with van der Waals surface area (Å²) < 4.78 is 5.55. The Morgan fingerprint density at radius 2 is 2.10 bits per heavy atom. The van der Waals surface area contributed by atoms with Crippen molar-refractivity contribution in [3.63, 3.8) is 0 Å². The second kappa shape index (κ2) is 6.26. The van der Waals surface area contributed by atoms with Crippen LogP contribution in [0.3, 0.4) is 0 Å². The number of nitrogens with one attached hydrogen (secondary N) is 2. The molecule has 8 nitrogen and oxygen atoms in total. The number of carbonyl (C=O) groups excluding carboxylic acids is 1. The first kappa shape index (κ1) is 17.4. The number of hydrogen-bond donors (Lipinski definition) is 2. The van der Waals surface area contributed by atoms with Crippen LogP contribution in [0.1, 0.15) is 76.8 Å². The molecule has 0 aromatic carbocycles. The number of aromatic nitrogens is 4. The molecule has 1 unspecified atom stereocenters. The van der Waals surface area contributed by atoms with Gasteiger partial charge in [0, 0.05) is 47.7 Å². The maximum atomic E-state index is 13.3. The summed E-state index contributed by atoms with van der Waals surface area (Å²) in [5.41, 5.74) is 4.01. The fourth-order valence-corrected chi connectivity index (χ4v) is 5.36. The van der Waals surface area contributed by atoms with Crippen molar-refractivity contribution in [1.29, 1.82) is 0 Å². The van der Waals surface area contributed by atoms with Crippen LogP contribution in [0, 0.1) is 0 Å². The van der Waals surface area contributed by atoms with Gasteiger partial charge in [-0.05, 0) is 38.5 Å². The Morgan fingerprint density at radius 3 is 2.97 bits per heavy atom. The van der Waals surface area contributed by atoms with E-state index in [4.69, 9.17) is 9.72 Å². The SMILES string of the molecule is O=C(c1n[nH]c2c1COCC2)N1CCCC2(CCc3c2nc(C2CC2)[nH]c3=O)C1. The van der Waals surface area contributed by atoms with Gasteiger partial charge in [0.1, 0.15) is 5.82 Å². The van der Waals surface area contributed by atoms with E-state index in [0.29, 0.717) is 31.4 Å². The molecule has 0 radical (unpaired) electrons. The zero-order valence-electron chi connectivity index (χ0n) is 16.4. The van der Waals surface area contributed by atoms with Crippen LogP contribution < -0.4 is 5.56 Å². The molecule has 152 valence electrons. The topological polar surface area (TPSA) is 104 Å². The van der Waals surface area contributed by atoms with Gasteiger partial charge in [-0.15, -0.1) is 0 Å². The zero-order chi connectivity index (χ0) is 19.6. The fourth-order valence-electron chi connectivity index (χ4n) is 5.36. The van der Waals surface area contributed by atoms with E-state index in [-0.39, 0.29) is 16.9 Å². The molecule has 2 aromatic rings. The summed E-state index contributed by atoms with van der Waals surface area (Å²) in [5, 5.41) is 7.35. The number of rotatable bonds is 2. The highest BCUT2D eigenvalue weighted by molar-refractivity contribution is 5.94. The van der Waals surface area contributed by atoms with Crippen molar-refractivity contribution < 1.29 is 9.53 Å². The molecule has 29 heavy (non-hydrogen) atoms. The lowest BCUT2D eigenvalue weighted by molar-refractivity contribution is 0.0617. The molecule has 4 heterocycles. The predicted molar refractivity (Wildman–Crippen MR) is 104 cm³/mol. The van der Waals surface area contributed by atoms with Crippen LogP contribution in [0.5, 0.6) is 0 Å². The maximum Gasteiger partial charge on any atom is 0.274 e. The van der Waals surface area contributed by atoms with Crippen molar-refractivity contribution in [1.82, 2.24) is 25.1 Å². The molecule has 8 heteroatoms. The largest absolute Gasteiger partial charge is 0.376 e. The van der Waals surface area contributed by atoms with E-state index < -0.39 is 0 Å². The number of nitrogens with zero attached hydrogens (tertiary/aromatic N) is 3. The number of aromatic amines is 2. The second-order valence-electron chi connectivity index (χ2n) is 9.00. The van der Waals surface area contributed by atoms with E-state index >= 15 is 0 Å². The number of carbonyl (C=O) groups is 1. The van der Waals surface area contributed by atoms with E-state index in [0.717, 1.165) is 79.8 Å². The van der Waals surface area contributed by atoms with Crippen molar-refractivity contribution in [2.24, 2.45) is 0 Å². The first-order valence-corrected chi connectivity index (χ1v) is 10.7. The summed E-state index contributed by atoms with van der Waals surface area (Å²) in [6, 6.07) is 0. The Bertz CT molecular complexity index is 1050. The highest BCUT2D eigenvalue weighted by atomic mass is 16.5. The minimum absolute atomic E-state index is 0.0238. The van der Waals surface area contributed by atoms with E-state index in [9.17, 15) is 9.59 Å². The van der Waals surface area contributed by atoms with Gasteiger partial charge in [-0.2, -0.15) is 5.10 Å². The Labute approximate surface area is 168 Å². The lowest BCUT2D eigenvalue weighted by Crippen LogP contribution is -2.48. The average Bonchev–Trinajstić information content (AvgIpc) is 3.42.